The van der Waals surface area contributed by atoms with Gasteiger partial charge in [-0.1, -0.05) is 24.9 Å². The fraction of sp³-hybridized carbons (Fsp3) is 0.571. The van der Waals surface area contributed by atoms with E-state index in [9.17, 15) is 13.2 Å². The zero-order valence-electron chi connectivity index (χ0n) is 11.6. The maximum absolute atomic E-state index is 12.5. The standard InChI is InChI=1S/C14H19ClF3NO/c1-3-4-11(7-8-19-2)20-13-6-5-10(9-12(13)15)14(16,17)18/h5-6,9,11,19H,3-4,7-8H2,1-2H3/t11-/m1/s1. The van der Waals surface area contributed by atoms with Gasteiger partial charge >= 0.3 is 6.18 Å². The second kappa shape index (κ2) is 7.74. The van der Waals surface area contributed by atoms with Crippen LogP contribution >= 0.6 is 11.6 Å². The van der Waals surface area contributed by atoms with Gasteiger partial charge in [-0.3, -0.25) is 0 Å². The molecule has 0 aliphatic heterocycles. The van der Waals surface area contributed by atoms with Crippen LogP contribution in [0.3, 0.4) is 0 Å². The number of rotatable bonds is 7. The molecule has 0 spiro atoms. The lowest BCUT2D eigenvalue weighted by molar-refractivity contribution is -0.137. The first-order valence-corrected chi connectivity index (χ1v) is 6.94. The second-order valence-corrected chi connectivity index (χ2v) is 4.97. The van der Waals surface area contributed by atoms with Crippen LogP contribution in [0.5, 0.6) is 5.75 Å². The van der Waals surface area contributed by atoms with Gasteiger partial charge in [0, 0.05) is 0 Å². The van der Waals surface area contributed by atoms with E-state index in [0.717, 1.165) is 37.9 Å². The highest BCUT2D eigenvalue weighted by Gasteiger charge is 2.31. The summed E-state index contributed by atoms with van der Waals surface area (Å²) >= 11 is 5.87. The van der Waals surface area contributed by atoms with Crippen molar-refractivity contribution in [3.05, 3.63) is 28.8 Å². The Bertz CT molecular complexity index is 423. The Morgan fingerprint density at radius 1 is 1.30 bits per heavy atom. The SMILES string of the molecule is CCC[C@H](CCNC)Oc1ccc(C(F)(F)F)cc1Cl. The normalized spacial score (nSPS) is 13.3. The molecule has 0 bridgehead atoms. The van der Waals surface area contributed by atoms with Gasteiger partial charge in [-0.15, -0.1) is 0 Å². The van der Waals surface area contributed by atoms with Gasteiger partial charge < -0.3 is 10.1 Å². The lowest BCUT2D eigenvalue weighted by atomic mass is 10.1. The molecule has 0 fully saturated rings. The second-order valence-electron chi connectivity index (χ2n) is 4.56. The van der Waals surface area contributed by atoms with Gasteiger partial charge in [-0.2, -0.15) is 13.2 Å². The zero-order chi connectivity index (χ0) is 15.2. The fourth-order valence-corrected chi connectivity index (χ4v) is 2.07. The van der Waals surface area contributed by atoms with Crippen LogP contribution in [0.1, 0.15) is 31.7 Å². The summed E-state index contributed by atoms with van der Waals surface area (Å²) in [7, 11) is 1.84. The number of halogens is 4. The Kier molecular flexibility index (Phi) is 6.62. The summed E-state index contributed by atoms with van der Waals surface area (Å²) in [5.74, 6) is 0.300. The molecule has 114 valence electrons. The third-order valence-corrected chi connectivity index (χ3v) is 3.18. The van der Waals surface area contributed by atoms with Crippen molar-refractivity contribution in [2.24, 2.45) is 0 Å². The van der Waals surface area contributed by atoms with E-state index in [0.29, 0.717) is 5.75 Å². The third kappa shape index (κ3) is 5.21. The first-order valence-electron chi connectivity index (χ1n) is 6.56. The maximum atomic E-state index is 12.5. The molecule has 0 heterocycles. The summed E-state index contributed by atoms with van der Waals surface area (Å²) in [4.78, 5) is 0. The number of alkyl halides is 3. The van der Waals surface area contributed by atoms with Gasteiger partial charge in [0.2, 0.25) is 0 Å². The molecule has 0 aromatic heterocycles. The summed E-state index contributed by atoms with van der Waals surface area (Å²) in [5.41, 5.74) is -0.767. The third-order valence-electron chi connectivity index (χ3n) is 2.88. The van der Waals surface area contributed by atoms with Crippen molar-refractivity contribution < 1.29 is 17.9 Å². The molecule has 0 saturated heterocycles. The quantitative estimate of drug-likeness (QED) is 0.800. The summed E-state index contributed by atoms with van der Waals surface area (Å²) in [6.07, 6.45) is -1.90. The van der Waals surface area contributed by atoms with E-state index in [1.807, 2.05) is 14.0 Å². The molecule has 2 nitrogen and oxygen atoms in total. The molecule has 0 amide bonds. The predicted octanol–water partition coefficient (Wildman–Crippen LogP) is 4.52. The van der Waals surface area contributed by atoms with Crippen LogP contribution in [0.25, 0.3) is 0 Å². The molecular weight excluding hydrogens is 291 g/mol. The molecule has 0 saturated carbocycles. The van der Waals surface area contributed by atoms with Crippen molar-refractivity contribution in [3.63, 3.8) is 0 Å². The molecule has 0 unspecified atom stereocenters. The molecule has 1 N–H and O–H groups in total. The van der Waals surface area contributed by atoms with Gasteiger partial charge in [-0.05, 0) is 44.6 Å². The van der Waals surface area contributed by atoms with Crippen molar-refractivity contribution >= 4 is 11.6 Å². The zero-order valence-corrected chi connectivity index (χ0v) is 12.3. The van der Waals surface area contributed by atoms with E-state index in [-0.39, 0.29) is 11.1 Å². The van der Waals surface area contributed by atoms with Crippen LogP contribution in [0.4, 0.5) is 13.2 Å². The number of benzene rings is 1. The van der Waals surface area contributed by atoms with Crippen LogP contribution in [0.2, 0.25) is 5.02 Å². The Morgan fingerprint density at radius 2 is 2.00 bits per heavy atom. The molecular formula is C14H19ClF3NO. The molecule has 1 atom stereocenters. The molecule has 20 heavy (non-hydrogen) atoms. The lowest BCUT2D eigenvalue weighted by Gasteiger charge is -2.20. The van der Waals surface area contributed by atoms with E-state index < -0.39 is 11.7 Å². The van der Waals surface area contributed by atoms with Gasteiger partial charge in [0.25, 0.3) is 0 Å². The van der Waals surface area contributed by atoms with E-state index in [1.54, 1.807) is 0 Å². The van der Waals surface area contributed by atoms with E-state index in [2.05, 4.69) is 5.32 Å². The summed E-state index contributed by atoms with van der Waals surface area (Å²) in [6.45, 7) is 2.81. The maximum Gasteiger partial charge on any atom is 0.416 e. The van der Waals surface area contributed by atoms with Crippen LogP contribution in [-0.2, 0) is 6.18 Å². The van der Waals surface area contributed by atoms with Crippen molar-refractivity contribution in [2.45, 2.75) is 38.5 Å². The summed E-state index contributed by atoms with van der Waals surface area (Å²) in [6, 6.07) is 3.17. The Hall–Kier alpha value is -0.940. The molecule has 0 aliphatic carbocycles. The topological polar surface area (TPSA) is 21.3 Å². The minimum atomic E-state index is -4.39. The number of hydrogen-bond acceptors (Lipinski definition) is 2. The monoisotopic (exact) mass is 309 g/mol. The Labute approximate surface area is 122 Å². The lowest BCUT2D eigenvalue weighted by Crippen LogP contribution is -2.22. The van der Waals surface area contributed by atoms with E-state index >= 15 is 0 Å². The average Bonchev–Trinajstić information content (AvgIpc) is 2.37. The fourth-order valence-electron chi connectivity index (χ4n) is 1.84. The smallest absolute Gasteiger partial charge is 0.416 e. The van der Waals surface area contributed by atoms with Gasteiger partial charge in [0.1, 0.15) is 5.75 Å². The van der Waals surface area contributed by atoms with Crippen molar-refractivity contribution in [2.75, 3.05) is 13.6 Å². The van der Waals surface area contributed by atoms with Crippen molar-refractivity contribution in [3.8, 4) is 5.75 Å². The predicted molar refractivity (Wildman–Crippen MR) is 74.3 cm³/mol. The van der Waals surface area contributed by atoms with Gasteiger partial charge in [-0.25, -0.2) is 0 Å². The van der Waals surface area contributed by atoms with Crippen molar-refractivity contribution in [1.29, 1.82) is 0 Å². The largest absolute Gasteiger partial charge is 0.489 e. The molecule has 0 aliphatic rings. The molecule has 1 aromatic carbocycles. The highest BCUT2D eigenvalue weighted by Crippen LogP contribution is 2.35. The first kappa shape index (κ1) is 17.1. The van der Waals surface area contributed by atoms with Crippen LogP contribution < -0.4 is 10.1 Å². The summed E-state index contributed by atoms with van der Waals surface area (Å²) in [5, 5.41) is 3.02. The number of nitrogens with one attached hydrogen (secondary N) is 1. The molecule has 0 radical (unpaired) electrons. The first-order chi connectivity index (χ1) is 9.38. The van der Waals surface area contributed by atoms with E-state index in [1.165, 1.54) is 6.07 Å². The average molecular weight is 310 g/mol. The Morgan fingerprint density at radius 3 is 2.50 bits per heavy atom. The molecule has 1 aromatic rings. The summed E-state index contributed by atoms with van der Waals surface area (Å²) < 4.78 is 43.3. The number of ether oxygens (including phenoxy) is 1. The minimum Gasteiger partial charge on any atom is -0.489 e. The van der Waals surface area contributed by atoms with Crippen LogP contribution in [-0.4, -0.2) is 19.7 Å². The molecule has 1 rings (SSSR count). The Balaban J connectivity index is 2.80. The van der Waals surface area contributed by atoms with Gasteiger partial charge in [0.05, 0.1) is 16.7 Å². The number of hydrogen-bond donors (Lipinski definition) is 1. The van der Waals surface area contributed by atoms with Crippen LogP contribution in [0.15, 0.2) is 18.2 Å². The minimum absolute atomic E-state index is 0.00890. The van der Waals surface area contributed by atoms with E-state index in [4.69, 9.17) is 16.3 Å². The van der Waals surface area contributed by atoms with Gasteiger partial charge in [0.15, 0.2) is 0 Å². The molecule has 6 heteroatoms. The highest BCUT2D eigenvalue weighted by molar-refractivity contribution is 6.32. The van der Waals surface area contributed by atoms with Crippen molar-refractivity contribution in [1.82, 2.24) is 5.32 Å². The van der Waals surface area contributed by atoms with Crippen LogP contribution in [0, 0.1) is 0 Å². The highest BCUT2D eigenvalue weighted by atomic mass is 35.5.